The van der Waals surface area contributed by atoms with Gasteiger partial charge in [-0.25, -0.2) is 4.79 Å². The maximum Gasteiger partial charge on any atom is 0.331 e. The minimum atomic E-state index is -2.08. The van der Waals surface area contributed by atoms with Crippen molar-refractivity contribution in [1.29, 1.82) is 0 Å². The number of hydrogen-bond donors (Lipinski definition) is 0. The Labute approximate surface area is 186 Å². The maximum atomic E-state index is 11.9. The first-order valence-corrected chi connectivity index (χ1v) is 16.6. The fraction of sp³-hybridized carbons (Fsp3) is 0.625. The molecular weight excluding hydrogens is 408 g/mol. The van der Waals surface area contributed by atoms with Crippen LogP contribution in [0.3, 0.4) is 0 Å². The molecule has 0 N–H and O–H groups in total. The highest BCUT2D eigenvalue weighted by molar-refractivity contribution is 6.75. The Morgan fingerprint density at radius 3 is 1.80 bits per heavy atom. The molecule has 0 atom stereocenters. The predicted molar refractivity (Wildman–Crippen MR) is 132 cm³/mol. The van der Waals surface area contributed by atoms with E-state index in [4.69, 9.17) is 13.6 Å². The van der Waals surface area contributed by atoms with Gasteiger partial charge in [0.15, 0.2) is 0 Å². The Kier molecular flexibility index (Phi) is 8.22. The number of ether oxygens (including phenoxy) is 1. The summed E-state index contributed by atoms with van der Waals surface area (Å²) in [6.07, 6.45) is 1.53. The molecule has 0 fully saturated rings. The number of esters is 1. The fourth-order valence-electron chi connectivity index (χ4n) is 2.22. The van der Waals surface area contributed by atoms with Crippen LogP contribution >= 0.6 is 0 Å². The van der Waals surface area contributed by atoms with Crippen LogP contribution < -0.4 is 8.85 Å². The molecule has 0 spiro atoms. The van der Waals surface area contributed by atoms with Crippen LogP contribution in [0.1, 0.15) is 61.0 Å². The third-order valence-corrected chi connectivity index (χ3v) is 15.0. The third kappa shape index (κ3) is 6.74. The fourth-order valence-corrected chi connectivity index (χ4v) is 4.26. The molecule has 0 aromatic heterocycles. The van der Waals surface area contributed by atoms with Crippen LogP contribution in [0.25, 0.3) is 5.57 Å². The molecule has 0 unspecified atom stereocenters. The molecule has 4 nitrogen and oxygen atoms in total. The summed E-state index contributed by atoms with van der Waals surface area (Å²) in [4.78, 5) is 11.9. The van der Waals surface area contributed by atoms with Crippen LogP contribution in [0.4, 0.5) is 0 Å². The van der Waals surface area contributed by atoms with Gasteiger partial charge in [-0.3, -0.25) is 0 Å². The summed E-state index contributed by atoms with van der Waals surface area (Å²) in [7, 11) is -4.11. The second kappa shape index (κ2) is 9.31. The van der Waals surface area contributed by atoms with Gasteiger partial charge in [0.2, 0.25) is 0 Å². The lowest BCUT2D eigenvalue weighted by Crippen LogP contribution is -2.45. The van der Waals surface area contributed by atoms with Gasteiger partial charge in [0.25, 0.3) is 16.6 Å². The lowest BCUT2D eigenvalue weighted by molar-refractivity contribution is -0.137. The Morgan fingerprint density at radius 2 is 1.37 bits per heavy atom. The summed E-state index contributed by atoms with van der Waals surface area (Å²) >= 11 is 0. The van der Waals surface area contributed by atoms with Gasteiger partial charge in [-0.05, 0) is 73.4 Å². The van der Waals surface area contributed by atoms with Crippen LogP contribution in [-0.4, -0.2) is 29.2 Å². The number of carbonyl (C=O) groups is 1. The molecule has 1 aromatic carbocycles. The Balaban J connectivity index is 3.47. The molecule has 0 aliphatic heterocycles. The van der Waals surface area contributed by atoms with E-state index in [1.165, 1.54) is 6.08 Å². The minimum absolute atomic E-state index is 0.0626. The molecule has 1 aromatic rings. The highest BCUT2D eigenvalue weighted by atomic mass is 28.4. The molecule has 6 heteroatoms. The van der Waals surface area contributed by atoms with Crippen molar-refractivity contribution >= 4 is 28.2 Å². The van der Waals surface area contributed by atoms with Crippen LogP contribution in [0.2, 0.25) is 36.3 Å². The lowest BCUT2D eigenvalue weighted by atomic mass is 10.1. The lowest BCUT2D eigenvalue weighted by Gasteiger charge is -2.39. The van der Waals surface area contributed by atoms with Crippen molar-refractivity contribution < 1.29 is 18.4 Å². The first-order chi connectivity index (χ1) is 13.4. The Bertz CT molecular complexity index is 781. The van der Waals surface area contributed by atoms with Crippen molar-refractivity contribution in [2.45, 2.75) is 91.7 Å². The first-order valence-electron chi connectivity index (χ1n) is 10.8. The van der Waals surface area contributed by atoms with E-state index in [0.717, 1.165) is 22.6 Å². The zero-order valence-electron chi connectivity index (χ0n) is 21.1. The molecule has 0 aliphatic carbocycles. The monoisotopic (exact) mass is 450 g/mol. The van der Waals surface area contributed by atoms with Gasteiger partial charge in [-0.1, -0.05) is 47.6 Å². The zero-order valence-corrected chi connectivity index (χ0v) is 23.1. The van der Waals surface area contributed by atoms with E-state index in [1.54, 1.807) is 6.92 Å². The Morgan fingerprint density at radius 1 is 0.900 bits per heavy atom. The van der Waals surface area contributed by atoms with Crippen LogP contribution in [-0.2, 0) is 9.53 Å². The van der Waals surface area contributed by atoms with Gasteiger partial charge in [0.05, 0.1) is 6.61 Å². The van der Waals surface area contributed by atoms with Crippen molar-refractivity contribution in [3.63, 3.8) is 0 Å². The summed E-state index contributed by atoms with van der Waals surface area (Å²) in [5.74, 6) is 1.23. The van der Waals surface area contributed by atoms with Crippen molar-refractivity contribution in [1.82, 2.24) is 0 Å². The number of allylic oxidation sites excluding steroid dienone is 1. The Hall–Kier alpha value is -1.54. The second-order valence-corrected chi connectivity index (χ2v) is 20.4. The maximum absolute atomic E-state index is 11.9. The van der Waals surface area contributed by atoms with Crippen LogP contribution in [0.5, 0.6) is 11.5 Å². The van der Waals surface area contributed by atoms with Gasteiger partial charge in [0, 0.05) is 6.08 Å². The molecule has 0 saturated heterocycles. The normalized spacial score (nSPS) is 13.8. The molecule has 0 amide bonds. The third-order valence-electron chi connectivity index (χ3n) is 6.36. The first kappa shape index (κ1) is 26.5. The topological polar surface area (TPSA) is 44.8 Å². The van der Waals surface area contributed by atoms with Gasteiger partial charge in [-0.15, -0.1) is 0 Å². The van der Waals surface area contributed by atoms with Crippen molar-refractivity contribution in [3.05, 3.63) is 29.8 Å². The largest absolute Gasteiger partial charge is 0.541 e. The highest BCUT2D eigenvalue weighted by Gasteiger charge is 2.42. The number of carbonyl (C=O) groups excluding carboxylic acids is 1. The van der Waals surface area contributed by atoms with Crippen molar-refractivity contribution in [2.24, 2.45) is 0 Å². The number of hydrogen-bond acceptors (Lipinski definition) is 4. The molecular formula is C24H42O4Si2. The van der Waals surface area contributed by atoms with Crippen LogP contribution in [0, 0.1) is 0 Å². The molecule has 0 heterocycles. The molecule has 0 bridgehead atoms. The van der Waals surface area contributed by atoms with E-state index in [2.05, 4.69) is 67.7 Å². The van der Waals surface area contributed by atoms with Crippen molar-refractivity contribution in [2.75, 3.05) is 6.61 Å². The summed E-state index contributed by atoms with van der Waals surface area (Å²) in [6.45, 7) is 26.4. The number of rotatable bonds is 7. The van der Waals surface area contributed by atoms with E-state index in [9.17, 15) is 4.79 Å². The van der Waals surface area contributed by atoms with Crippen LogP contribution in [0.15, 0.2) is 24.3 Å². The van der Waals surface area contributed by atoms with Gasteiger partial charge in [-0.2, -0.15) is 0 Å². The van der Waals surface area contributed by atoms with E-state index >= 15 is 0 Å². The minimum Gasteiger partial charge on any atom is -0.541 e. The summed E-state index contributed by atoms with van der Waals surface area (Å²) in [6, 6.07) is 5.99. The molecule has 0 aliphatic rings. The van der Waals surface area contributed by atoms with Gasteiger partial charge < -0.3 is 13.6 Å². The van der Waals surface area contributed by atoms with Gasteiger partial charge in [0.1, 0.15) is 11.5 Å². The summed E-state index contributed by atoms with van der Waals surface area (Å²) in [5.41, 5.74) is 1.77. The number of benzene rings is 1. The van der Waals surface area contributed by atoms with E-state index in [1.807, 2.05) is 25.1 Å². The molecule has 170 valence electrons. The average molecular weight is 451 g/mol. The zero-order chi connectivity index (χ0) is 23.5. The average Bonchev–Trinajstić information content (AvgIpc) is 2.53. The van der Waals surface area contributed by atoms with E-state index < -0.39 is 16.6 Å². The standard InChI is InChI=1S/C24H42O4Si2/c1-13-26-22(25)16-18(2)19-14-15-20(27-29(9,10)23(3,4)5)21(17-19)28-30(11,12)24(6,7)8/h14-17H,13H2,1-12H3. The molecule has 30 heavy (non-hydrogen) atoms. The van der Waals surface area contributed by atoms with E-state index in [0.29, 0.717) is 6.61 Å². The second-order valence-electron chi connectivity index (χ2n) is 11.0. The van der Waals surface area contributed by atoms with Gasteiger partial charge >= 0.3 is 5.97 Å². The highest BCUT2D eigenvalue weighted by Crippen LogP contribution is 2.44. The van der Waals surface area contributed by atoms with E-state index in [-0.39, 0.29) is 16.0 Å². The van der Waals surface area contributed by atoms with Crippen molar-refractivity contribution in [3.8, 4) is 11.5 Å². The molecule has 0 saturated carbocycles. The summed E-state index contributed by atoms with van der Waals surface area (Å²) in [5, 5.41) is 0.146. The molecule has 0 radical (unpaired) electrons. The summed E-state index contributed by atoms with van der Waals surface area (Å²) < 4.78 is 18.4. The predicted octanol–water partition coefficient (Wildman–Crippen LogP) is 7.42. The quantitative estimate of drug-likeness (QED) is 0.246. The SMILES string of the molecule is CCOC(=O)C=C(C)c1ccc(O[Si](C)(C)C(C)(C)C)c(O[Si](C)(C)C(C)(C)C)c1. The smallest absolute Gasteiger partial charge is 0.331 e. The molecule has 1 rings (SSSR count).